The van der Waals surface area contributed by atoms with Crippen molar-refractivity contribution in [2.45, 2.75) is 0 Å². The van der Waals surface area contributed by atoms with Gasteiger partial charge < -0.3 is 4.42 Å². The minimum Gasteiger partial charge on any atom is -0.422 e. The van der Waals surface area contributed by atoms with Gasteiger partial charge in [0.15, 0.2) is 5.78 Å². The van der Waals surface area contributed by atoms with E-state index in [1.165, 1.54) is 30.3 Å². The summed E-state index contributed by atoms with van der Waals surface area (Å²) in [6.07, 6.45) is 0. The number of rotatable bonds is 3. The molecular formula is C16H9NO5. The molecule has 0 saturated heterocycles. The number of hydrogen-bond donors (Lipinski definition) is 0. The van der Waals surface area contributed by atoms with Crippen LogP contribution in [-0.2, 0) is 0 Å². The lowest BCUT2D eigenvalue weighted by Crippen LogP contribution is -2.14. The van der Waals surface area contributed by atoms with E-state index in [9.17, 15) is 19.7 Å². The predicted octanol–water partition coefficient (Wildman–Crippen LogP) is 2.93. The highest BCUT2D eigenvalue weighted by molar-refractivity contribution is 6.09. The van der Waals surface area contributed by atoms with Gasteiger partial charge in [-0.3, -0.25) is 14.9 Å². The molecule has 0 atom stereocenters. The Bertz CT molecular complexity index is 941. The molecule has 0 unspecified atom stereocenters. The Morgan fingerprint density at radius 1 is 1.05 bits per heavy atom. The van der Waals surface area contributed by atoms with E-state index >= 15 is 0 Å². The van der Waals surface area contributed by atoms with E-state index in [1.54, 1.807) is 24.3 Å². The molecular weight excluding hydrogens is 286 g/mol. The van der Waals surface area contributed by atoms with Crippen molar-refractivity contribution in [2.75, 3.05) is 0 Å². The summed E-state index contributed by atoms with van der Waals surface area (Å²) in [5.41, 5.74) is -0.377. The van der Waals surface area contributed by atoms with Crippen LogP contribution in [-0.4, -0.2) is 10.7 Å². The van der Waals surface area contributed by atoms with Crippen molar-refractivity contribution in [1.29, 1.82) is 0 Å². The molecule has 3 rings (SSSR count). The third-order valence-electron chi connectivity index (χ3n) is 3.23. The molecule has 0 N–H and O–H groups in total. The van der Waals surface area contributed by atoms with Crippen LogP contribution in [0, 0.1) is 10.1 Å². The minimum absolute atomic E-state index is 0.104. The van der Waals surface area contributed by atoms with Crippen molar-refractivity contribution < 1.29 is 14.1 Å². The van der Waals surface area contributed by atoms with E-state index in [-0.39, 0.29) is 16.8 Å². The Kier molecular flexibility index (Phi) is 3.27. The first kappa shape index (κ1) is 13.7. The highest BCUT2D eigenvalue weighted by Gasteiger charge is 2.16. The van der Waals surface area contributed by atoms with E-state index in [2.05, 4.69) is 0 Å². The Balaban J connectivity index is 2.06. The third kappa shape index (κ3) is 2.37. The fourth-order valence-electron chi connectivity index (χ4n) is 2.11. The van der Waals surface area contributed by atoms with E-state index in [1.807, 2.05) is 0 Å². The zero-order valence-corrected chi connectivity index (χ0v) is 11.2. The second kappa shape index (κ2) is 5.25. The summed E-state index contributed by atoms with van der Waals surface area (Å²) in [4.78, 5) is 34.3. The average molecular weight is 295 g/mol. The fourth-order valence-corrected chi connectivity index (χ4v) is 2.11. The number of non-ortho nitro benzene ring substituents is 1. The molecule has 0 aliphatic rings. The number of carbonyl (C=O) groups is 1. The van der Waals surface area contributed by atoms with Gasteiger partial charge in [-0.15, -0.1) is 0 Å². The first-order chi connectivity index (χ1) is 10.6. The summed E-state index contributed by atoms with van der Waals surface area (Å²) in [7, 11) is 0. The molecule has 0 bridgehead atoms. The number of ketones is 1. The molecule has 6 heteroatoms. The first-order valence-electron chi connectivity index (χ1n) is 6.38. The molecule has 2 aromatic carbocycles. The number of hydrogen-bond acceptors (Lipinski definition) is 5. The highest BCUT2D eigenvalue weighted by atomic mass is 16.6. The van der Waals surface area contributed by atoms with Crippen molar-refractivity contribution in [3.8, 4) is 0 Å². The molecule has 108 valence electrons. The van der Waals surface area contributed by atoms with Gasteiger partial charge in [-0.05, 0) is 24.3 Å². The lowest BCUT2D eigenvalue weighted by atomic mass is 10.0. The molecule has 0 aliphatic carbocycles. The maximum atomic E-state index is 12.4. The lowest BCUT2D eigenvalue weighted by Gasteiger charge is -2.02. The molecule has 3 aromatic rings. The normalized spacial score (nSPS) is 10.5. The van der Waals surface area contributed by atoms with Crippen LogP contribution in [0.3, 0.4) is 0 Å². The molecule has 0 radical (unpaired) electrons. The molecule has 22 heavy (non-hydrogen) atoms. The smallest absolute Gasteiger partial charge is 0.347 e. The van der Waals surface area contributed by atoms with Crippen LogP contribution in [0.1, 0.15) is 15.9 Å². The van der Waals surface area contributed by atoms with Gasteiger partial charge in [0, 0.05) is 23.1 Å². The topological polar surface area (TPSA) is 90.4 Å². The maximum Gasteiger partial charge on any atom is 0.347 e. The van der Waals surface area contributed by atoms with Crippen LogP contribution in [0.2, 0.25) is 0 Å². The van der Waals surface area contributed by atoms with Crippen molar-refractivity contribution in [2.24, 2.45) is 0 Å². The van der Waals surface area contributed by atoms with Crippen LogP contribution in [0.5, 0.6) is 0 Å². The molecule has 0 saturated carbocycles. The summed E-state index contributed by atoms with van der Waals surface area (Å²) in [5.74, 6) is -0.533. The minimum atomic E-state index is -0.734. The standard InChI is InChI=1S/C16H9NO5/c18-15(10-5-7-12(8-6-10)17(20)21)13-9-11-3-1-2-4-14(11)22-16(13)19/h1-9H. The van der Waals surface area contributed by atoms with E-state index in [4.69, 9.17) is 4.42 Å². The Morgan fingerprint density at radius 2 is 1.73 bits per heavy atom. The van der Waals surface area contributed by atoms with Crippen LogP contribution >= 0.6 is 0 Å². The molecule has 0 aliphatic heterocycles. The quantitative estimate of drug-likeness (QED) is 0.321. The van der Waals surface area contributed by atoms with Gasteiger partial charge in [0.05, 0.1) is 4.92 Å². The summed E-state index contributed by atoms with van der Waals surface area (Å²) < 4.78 is 5.11. The lowest BCUT2D eigenvalue weighted by molar-refractivity contribution is -0.384. The van der Waals surface area contributed by atoms with Crippen molar-refractivity contribution >= 4 is 22.4 Å². The summed E-state index contributed by atoms with van der Waals surface area (Å²) in [5, 5.41) is 11.2. The van der Waals surface area contributed by atoms with E-state index in [0.717, 1.165) is 0 Å². The molecule has 0 spiro atoms. The number of nitrogens with zero attached hydrogens (tertiary/aromatic N) is 1. The van der Waals surface area contributed by atoms with Crippen molar-refractivity contribution in [3.05, 3.63) is 86.3 Å². The van der Waals surface area contributed by atoms with Gasteiger partial charge in [0.2, 0.25) is 0 Å². The van der Waals surface area contributed by atoms with E-state index in [0.29, 0.717) is 11.0 Å². The number of benzene rings is 2. The SMILES string of the molecule is O=C(c1ccc([N+](=O)[O-])cc1)c1cc2ccccc2oc1=O. The van der Waals surface area contributed by atoms with Crippen LogP contribution in [0.15, 0.2) is 63.8 Å². The Morgan fingerprint density at radius 3 is 2.41 bits per heavy atom. The number of carbonyl (C=O) groups excluding carboxylic acids is 1. The number of para-hydroxylation sites is 1. The predicted molar refractivity (Wildman–Crippen MR) is 79.0 cm³/mol. The van der Waals surface area contributed by atoms with Crippen molar-refractivity contribution in [3.63, 3.8) is 0 Å². The number of fused-ring (bicyclic) bond motifs is 1. The zero-order chi connectivity index (χ0) is 15.7. The van der Waals surface area contributed by atoms with Gasteiger partial charge in [-0.25, -0.2) is 4.79 Å². The van der Waals surface area contributed by atoms with Crippen LogP contribution in [0.25, 0.3) is 11.0 Å². The van der Waals surface area contributed by atoms with Gasteiger partial charge in [0.25, 0.3) is 5.69 Å². The molecule has 1 heterocycles. The second-order valence-electron chi connectivity index (χ2n) is 4.62. The first-order valence-corrected chi connectivity index (χ1v) is 6.38. The highest BCUT2D eigenvalue weighted by Crippen LogP contribution is 2.17. The van der Waals surface area contributed by atoms with Gasteiger partial charge in [-0.1, -0.05) is 18.2 Å². The number of nitro groups is 1. The maximum absolute atomic E-state index is 12.4. The summed E-state index contributed by atoms with van der Waals surface area (Å²) in [6.45, 7) is 0. The van der Waals surface area contributed by atoms with Crippen LogP contribution in [0.4, 0.5) is 5.69 Å². The molecule has 1 aromatic heterocycles. The van der Waals surface area contributed by atoms with Crippen LogP contribution < -0.4 is 5.63 Å². The average Bonchev–Trinajstić information content (AvgIpc) is 2.53. The fraction of sp³-hybridized carbons (Fsp3) is 0. The van der Waals surface area contributed by atoms with Gasteiger partial charge >= 0.3 is 5.63 Å². The second-order valence-corrected chi connectivity index (χ2v) is 4.62. The van der Waals surface area contributed by atoms with Gasteiger partial charge in [0.1, 0.15) is 11.1 Å². The zero-order valence-electron chi connectivity index (χ0n) is 11.2. The largest absolute Gasteiger partial charge is 0.422 e. The molecule has 6 nitrogen and oxygen atoms in total. The summed E-state index contributed by atoms with van der Waals surface area (Å²) in [6, 6.07) is 13.4. The Labute approximate surface area is 123 Å². The molecule has 0 fully saturated rings. The Hall–Kier alpha value is -3.28. The van der Waals surface area contributed by atoms with Crippen molar-refractivity contribution in [1.82, 2.24) is 0 Å². The van der Waals surface area contributed by atoms with E-state index < -0.39 is 16.3 Å². The monoisotopic (exact) mass is 295 g/mol. The van der Waals surface area contributed by atoms with Gasteiger partial charge in [-0.2, -0.15) is 0 Å². The molecule has 0 amide bonds. The summed E-state index contributed by atoms with van der Waals surface area (Å²) >= 11 is 0. The number of nitro benzene ring substituents is 1. The third-order valence-corrected chi connectivity index (χ3v) is 3.23.